The van der Waals surface area contributed by atoms with Crippen molar-refractivity contribution in [2.45, 2.75) is 43.5 Å². The molecule has 0 amide bonds. The Morgan fingerprint density at radius 1 is 1.30 bits per heavy atom. The van der Waals surface area contributed by atoms with Crippen molar-refractivity contribution in [3.05, 3.63) is 59.8 Å². The second-order valence-electron chi connectivity index (χ2n) is 6.87. The zero-order valence-electron chi connectivity index (χ0n) is 15.2. The fourth-order valence-electron chi connectivity index (χ4n) is 2.87. The normalized spacial score (nSPS) is 15.0. The summed E-state index contributed by atoms with van der Waals surface area (Å²) in [5, 5.41) is 19.8. The molecule has 3 aromatic rings. The van der Waals surface area contributed by atoms with E-state index in [1.165, 1.54) is 11.8 Å². The summed E-state index contributed by atoms with van der Waals surface area (Å²) in [6, 6.07) is 11.7. The first-order valence-electron chi connectivity index (χ1n) is 9.15. The summed E-state index contributed by atoms with van der Waals surface area (Å²) in [6.07, 6.45) is 3.41. The lowest BCUT2D eigenvalue weighted by Crippen LogP contribution is -2.20. The summed E-state index contributed by atoms with van der Waals surface area (Å²) < 4.78 is 13.3. The van der Waals surface area contributed by atoms with Gasteiger partial charge in [-0.2, -0.15) is 0 Å². The van der Waals surface area contributed by atoms with Gasteiger partial charge in [0.25, 0.3) is 0 Å². The quantitative estimate of drug-likeness (QED) is 0.567. The summed E-state index contributed by atoms with van der Waals surface area (Å²) in [6.45, 7) is 2.88. The minimum absolute atomic E-state index is 0.248. The Morgan fingerprint density at radius 2 is 2.19 bits per heavy atom. The number of nitrogens with zero attached hydrogens (tertiary/aromatic N) is 3. The van der Waals surface area contributed by atoms with Crippen molar-refractivity contribution in [2.75, 3.05) is 12.4 Å². The molecule has 0 radical (unpaired) electrons. The zero-order valence-corrected chi connectivity index (χ0v) is 16.1. The smallest absolute Gasteiger partial charge is 0.191 e. The Bertz CT molecular complexity index is 874. The summed E-state index contributed by atoms with van der Waals surface area (Å²) in [5.74, 6) is 3.65. The van der Waals surface area contributed by atoms with Crippen molar-refractivity contribution in [2.24, 2.45) is 0 Å². The van der Waals surface area contributed by atoms with E-state index in [0.29, 0.717) is 18.2 Å². The van der Waals surface area contributed by atoms with Gasteiger partial charge in [-0.25, -0.2) is 0 Å². The van der Waals surface area contributed by atoms with Gasteiger partial charge >= 0.3 is 0 Å². The molecule has 4 rings (SSSR count). The highest BCUT2D eigenvalue weighted by atomic mass is 32.2. The second kappa shape index (κ2) is 8.19. The molecule has 0 bridgehead atoms. The number of rotatable bonds is 9. The lowest BCUT2D eigenvalue weighted by atomic mass is 10.2. The lowest BCUT2D eigenvalue weighted by molar-refractivity contribution is 0.126. The van der Waals surface area contributed by atoms with Crippen LogP contribution in [0.4, 0.5) is 0 Å². The third-order valence-electron chi connectivity index (χ3n) is 4.42. The van der Waals surface area contributed by atoms with Crippen LogP contribution < -0.4 is 4.74 Å². The maximum Gasteiger partial charge on any atom is 0.191 e. The maximum absolute atomic E-state index is 10.3. The molecule has 1 aromatic carbocycles. The van der Waals surface area contributed by atoms with Gasteiger partial charge in [0.1, 0.15) is 23.9 Å². The third-order valence-corrected chi connectivity index (χ3v) is 5.53. The molecule has 0 saturated heterocycles. The molecule has 7 heteroatoms. The van der Waals surface area contributed by atoms with Crippen LogP contribution in [0.15, 0.2) is 52.2 Å². The summed E-state index contributed by atoms with van der Waals surface area (Å²) in [7, 11) is 0. The van der Waals surface area contributed by atoms with E-state index in [0.717, 1.165) is 40.9 Å². The van der Waals surface area contributed by atoms with Crippen molar-refractivity contribution in [1.29, 1.82) is 0 Å². The van der Waals surface area contributed by atoms with Gasteiger partial charge < -0.3 is 14.3 Å². The number of aromatic nitrogens is 3. The molecule has 1 atom stereocenters. The molecule has 0 aliphatic heterocycles. The van der Waals surface area contributed by atoms with Crippen LogP contribution in [0.3, 0.4) is 0 Å². The Labute approximate surface area is 162 Å². The lowest BCUT2D eigenvalue weighted by Gasteiger charge is -2.13. The predicted molar refractivity (Wildman–Crippen MR) is 103 cm³/mol. The van der Waals surface area contributed by atoms with Crippen LogP contribution in [0, 0.1) is 6.92 Å². The van der Waals surface area contributed by atoms with E-state index in [4.69, 9.17) is 9.15 Å². The number of benzene rings is 1. The molecule has 6 nitrogen and oxygen atoms in total. The Kier molecular flexibility index (Phi) is 5.50. The molecule has 1 aliphatic rings. The van der Waals surface area contributed by atoms with Crippen molar-refractivity contribution < 1.29 is 14.3 Å². The number of hydrogen-bond donors (Lipinski definition) is 1. The third kappa shape index (κ3) is 4.73. The van der Waals surface area contributed by atoms with Gasteiger partial charge in [0, 0.05) is 11.7 Å². The molecule has 1 fully saturated rings. The minimum Gasteiger partial charge on any atom is -0.491 e. The number of furan rings is 1. The van der Waals surface area contributed by atoms with E-state index in [9.17, 15) is 5.11 Å². The Morgan fingerprint density at radius 3 is 2.93 bits per heavy atom. The van der Waals surface area contributed by atoms with E-state index >= 15 is 0 Å². The summed E-state index contributed by atoms with van der Waals surface area (Å²) >= 11 is 1.50. The van der Waals surface area contributed by atoms with Crippen LogP contribution in [-0.4, -0.2) is 38.3 Å². The topological polar surface area (TPSA) is 73.3 Å². The molecule has 27 heavy (non-hydrogen) atoms. The van der Waals surface area contributed by atoms with Crippen LogP contribution in [-0.2, 0) is 6.54 Å². The minimum atomic E-state index is -0.589. The summed E-state index contributed by atoms with van der Waals surface area (Å²) in [5.41, 5.74) is 1.13. The van der Waals surface area contributed by atoms with E-state index < -0.39 is 6.10 Å². The predicted octanol–water partition coefficient (Wildman–Crippen LogP) is 3.64. The average molecular weight is 385 g/mol. The number of ether oxygens (including phenoxy) is 1. The second-order valence-corrected chi connectivity index (χ2v) is 7.86. The molecule has 0 spiro atoms. The van der Waals surface area contributed by atoms with Crippen molar-refractivity contribution in [3.63, 3.8) is 0 Å². The molecular formula is C20H23N3O3S. The fraction of sp³-hybridized carbons (Fsp3) is 0.400. The first kappa shape index (κ1) is 18.1. The van der Waals surface area contributed by atoms with Gasteiger partial charge in [-0.15, -0.1) is 10.2 Å². The van der Waals surface area contributed by atoms with Crippen LogP contribution in [0.1, 0.15) is 35.9 Å². The monoisotopic (exact) mass is 385 g/mol. The van der Waals surface area contributed by atoms with Crippen molar-refractivity contribution >= 4 is 11.8 Å². The van der Waals surface area contributed by atoms with Crippen molar-refractivity contribution in [1.82, 2.24) is 14.8 Å². The van der Waals surface area contributed by atoms with Crippen molar-refractivity contribution in [3.8, 4) is 5.75 Å². The first-order valence-corrected chi connectivity index (χ1v) is 10.1. The molecule has 1 N–H and O–H groups in total. The number of thioether (sulfide) groups is 1. The Balaban J connectivity index is 1.36. The number of aryl methyl sites for hydroxylation is 1. The maximum atomic E-state index is 10.3. The highest BCUT2D eigenvalue weighted by molar-refractivity contribution is 7.99. The summed E-state index contributed by atoms with van der Waals surface area (Å²) in [4.78, 5) is 0. The van der Waals surface area contributed by atoms with Gasteiger partial charge in [0.15, 0.2) is 5.16 Å². The molecule has 1 unspecified atom stereocenters. The average Bonchev–Trinajstić information content (AvgIpc) is 3.22. The van der Waals surface area contributed by atoms with Gasteiger partial charge in [-0.3, -0.25) is 4.57 Å². The van der Waals surface area contributed by atoms with Crippen LogP contribution >= 0.6 is 11.8 Å². The molecule has 1 aliphatic carbocycles. The van der Waals surface area contributed by atoms with Gasteiger partial charge in [0.05, 0.1) is 18.9 Å². The SMILES string of the molecule is Cc1cccc(OCC(O)CSc2nnc(C3CC3)n2Cc2ccco2)c1. The first-order chi connectivity index (χ1) is 13.2. The van der Waals surface area contributed by atoms with Crippen LogP contribution in [0.5, 0.6) is 5.75 Å². The highest BCUT2D eigenvalue weighted by Crippen LogP contribution is 2.40. The van der Waals surface area contributed by atoms with E-state index in [1.807, 2.05) is 43.3 Å². The molecule has 1 saturated carbocycles. The molecule has 2 heterocycles. The van der Waals surface area contributed by atoms with Crippen LogP contribution in [0.2, 0.25) is 0 Å². The Hall–Kier alpha value is -2.25. The van der Waals surface area contributed by atoms with E-state index in [1.54, 1.807) is 6.26 Å². The van der Waals surface area contributed by atoms with Gasteiger partial charge in [0.2, 0.25) is 0 Å². The van der Waals surface area contributed by atoms with Gasteiger partial charge in [-0.1, -0.05) is 23.9 Å². The molecule has 2 aromatic heterocycles. The van der Waals surface area contributed by atoms with Crippen LogP contribution in [0.25, 0.3) is 0 Å². The highest BCUT2D eigenvalue weighted by Gasteiger charge is 2.30. The van der Waals surface area contributed by atoms with Gasteiger partial charge in [-0.05, 0) is 49.6 Å². The molecular weight excluding hydrogens is 362 g/mol. The van der Waals surface area contributed by atoms with E-state index in [2.05, 4.69) is 14.8 Å². The van der Waals surface area contributed by atoms with E-state index in [-0.39, 0.29) is 6.61 Å². The largest absolute Gasteiger partial charge is 0.491 e. The number of aliphatic hydroxyl groups excluding tert-OH is 1. The number of aliphatic hydroxyl groups is 1. The number of hydrogen-bond acceptors (Lipinski definition) is 6. The zero-order chi connectivity index (χ0) is 18.6. The molecule has 142 valence electrons. The standard InChI is InChI=1S/C20H23N3O3S/c1-14-4-2-5-17(10-14)26-12-16(24)13-27-20-22-21-19(15-7-8-15)23(20)11-18-6-3-9-25-18/h2-6,9-10,15-16,24H,7-8,11-13H2,1H3. The fourth-order valence-corrected chi connectivity index (χ4v) is 3.72.